The maximum absolute atomic E-state index is 12.5. The van der Waals surface area contributed by atoms with Gasteiger partial charge in [0.2, 0.25) is 0 Å². The van der Waals surface area contributed by atoms with Gasteiger partial charge in [-0.25, -0.2) is 0 Å². The van der Waals surface area contributed by atoms with Crippen molar-refractivity contribution in [3.63, 3.8) is 0 Å². The number of amides is 2. The summed E-state index contributed by atoms with van der Waals surface area (Å²) < 4.78 is 5.10. The van der Waals surface area contributed by atoms with E-state index in [2.05, 4.69) is 10.6 Å². The molecule has 0 fully saturated rings. The molecule has 0 bridgehead atoms. The molecule has 136 valence electrons. The normalized spacial score (nSPS) is 11.0. The average molecular weight is 375 g/mol. The Kier molecular flexibility index (Phi) is 7.20. The van der Waals surface area contributed by atoms with E-state index in [1.807, 2.05) is 0 Å². The molecule has 0 aromatic heterocycles. The van der Waals surface area contributed by atoms with Crippen molar-refractivity contribution in [3.05, 3.63) is 70.4 Å². The highest BCUT2D eigenvalue weighted by Gasteiger charge is 2.16. The topological polar surface area (TPSA) is 87.7 Å². The summed E-state index contributed by atoms with van der Waals surface area (Å²) in [7, 11) is 1.56. The maximum atomic E-state index is 12.5. The summed E-state index contributed by atoms with van der Waals surface area (Å²) in [5, 5.41) is 14.3. The lowest BCUT2D eigenvalue weighted by atomic mass is 10.1. The summed E-state index contributed by atoms with van der Waals surface area (Å²) in [4.78, 5) is 24.8. The molecule has 6 nitrogen and oxygen atoms in total. The van der Waals surface area contributed by atoms with E-state index in [9.17, 15) is 9.59 Å². The number of carbonyl (C=O) groups is 2. The standard InChI is InChI=1S/C19H19ClN2O4/c1-26-14-8-6-13(7-9-14)12-17(19(25)21-10-11-23)22-18(24)15-4-2-3-5-16(15)20/h2-9,12,23H,10-11H2,1H3,(H,21,25)(H,22,24)/b17-12+. The molecular weight excluding hydrogens is 356 g/mol. The van der Waals surface area contributed by atoms with E-state index in [-0.39, 0.29) is 29.4 Å². The van der Waals surface area contributed by atoms with E-state index in [0.29, 0.717) is 11.3 Å². The summed E-state index contributed by atoms with van der Waals surface area (Å²) >= 11 is 6.03. The van der Waals surface area contributed by atoms with Crippen LogP contribution in [0.2, 0.25) is 5.02 Å². The van der Waals surface area contributed by atoms with Crippen molar-refractivity contribution in [1.82, 2.24) is 10.6 Å². The van der Waals surface area contributed by atoms with Crippen LogP contribution in [0.15, 0.2) is 54.2 Å². The number of ether oxygens (including phenoxy) is 1. The predicted octanol–water partition coefficient (Wildman–Crippen LogP) is 2.23. The van der Waals surface area contributed by atoms with Gasteiger partial charge in [0.15, 0.2) is 0 Å². The molecule has 0 radical (unpaired) electrons. The van der Waals surface area contributed by atoms with Gasteiger partial charge in [0.1, 0.15) is 11.4 Å². The van der Waals surface area contributed by atoms with Crippen LogP contribution in [0.25, 0.3) is 6.08 Å². The van der Waals surface area contributed by atoms with Crippen molar-refractivity contribution >= 4 is 29.5 Å². The molecule has 0 saturated carbocycles. The molecule has 0 aliphatic heterocycles. The number of aliphatic hydroxyl groups excluding tert-OH is 1. The summed E-state index contributed by atoms with van der Waals surface area (Å²) in [6.07, 6.45) is 1.53. The number of methoxy groups -OCH3 is 1. The average Bonchev–Trinajstić information content (AvgIpc) is 2.66. The van der Waals surface area contributed by atoms with Gasteiger partial charge >= 0.3 is 0 Å². The van der Waals surface area contributed by atoms with Crippen LogP contribution in [0.5, 0.6) is 5.75 Å². The van der Waals surface area contributed by atoms with Crippen molar-refractivity contribution in [2.24, 2.45) is 0 Å². The van der Waals surface area contributed by atoms with Crippen LogP contribution in [0.4, 0.5) is 0 Å². The molecule has 2 aromatic rings. The molecule has 26 heavy (non-hydrogen) atoms. The van der Waals surface area contributed by atoms with Crippen LogP contribution < -0.4 is 15.4 Å². The van der Waals surface area contributed by atoms with E-state index in [0.717, 1.165) is 0 Å². The van der Waals surface area contributed by atoms with Gasteiger partial charge in [-0.3, -0.25) is 9.59 Å². The number of carbonyl (C=O) groups excluding carboxylic acids is 2. The fourth-order valence-electron chi connectivity index (χ4n) is 2.12. The number of hydrogen-bond donors (Lipinski definition) is 3. The Morgan fingerprint density at radius 2 is 1.85 bits per heavy atom. The van der Waals surface area contributed by atoms with Crippen molar-refractivity contribution < 1.29 is 19.4 Å². The number of hydrogen-bond acceptors (Lipinski definition) is 4. The fraction of sp³-hybridized carbons (Fsp3) is 0.158. The molecule has 0 aliphatic rings. The molecule has 0 aliphatic carbocycles. The van der Waals surface area contributed by atoms with Crippen LogP contribution in [0, 0.1) is 0 Å². The smallest absolute Gasteiger partial charge is 0.267 e. The molecule has 2 rings (SSSR count). The first-order chi connectivity index (χ1) is 12.5. The quantitative estimate of drug-likeness (QED) is 0.648. The van der Waals surface area contributed by atoms with Crippen LogP contribution >= 0.6 is 11.6 Å². The Balaban J connectivity index is 2.28. The van der Waals surface area contributed by atoms with Gasteiger partial charge in [-0.2, -0.15) is 0 Å². The third-order valence-electron chi connectivity index (χ3n) is 3.44. The summed E-state index contributed by atoms with van der Waals surface area (Å²) in [6, 6.07) is 13.5. The first kappa shape index (κ1) is 19.5. The molecule has 0 spiro atoms. The second-order valence-electron chi connectivity index (χ2n) is 5.24. The largest absolute Gasteiger partial charge is 0.497 e. The highest BCUT2D eigenvalue weighted by Crippen LogP contribution is 2.16. The minimum absolute atomic E-state index is 0.0357. The van der Waals surface area contributed by atoms with Crippen LogP contribution in [0.1, 0.15) is 15.9 Å². The molecule has 2 amide bonds. The van der Waals surface area contributed by atoms with Gasteiger partial charge < -0.3 is 20.5 Å². The van der Waals surface area contributed by atoms with E-state index in [1.54, 1.807) is 55.6 Å². The second kappa shape index (κ2) is 9.60. The van der Waals surface area contributed by atoms with Crippen LogP contribution in [-0.2, 0) is 4.79 Å². The number of benzene rings is 2. The third kappa shape index (κ3) is 5.34. The molecule has 3 N–H and O–H groups in total. The van der Waals surface area contributed by atoms with Gasteiger partial charge in [0.05, 0.1) is 24.3 Å². The number of aliphatic hydroxyl groups is 1. The number of halogens is 1. The Hall–Kier alpha value is -2.83. The monoisotopic (exact) mass is 374 g/mol. The van der Waals surface area contributed by atoms with E-state index in [1.165, 1.54) is 6.08 Å². The van der Waals surface area contributed by atoms with Gasteiger partial charge in [-0.15, -0.1) is 0 Å². The highest BCUT2D eigenvalue weighted by molar-refractivity contribution is 6.34. The fourth-order valence-corrected chi connectivity index (χ4v) is 2.35. The van der Waals surface area contributed by atoms with Crippen LogP contribution in [0.3, 0.4) is 0 Å². The lowest BCUT2D eigenvalue weighted by molar-refractivity contribution is -0.117. The molecule has 0 heterocycles. The van der Waals surface area contributed by atoms with Gasteiger partial charge in [0, 0.05) is 6.54 Å². The molecular formula is C19H19ClN2O4. The maximum Gasteiger partial charge on any atom is 0.267 e. The van der Waals surface area contributed by atoms with E-state index in [4.69, 9.17) is 21.4 Å². The van der Waals surface area contributed by atoms with E-state index >= 15 is 0 Å². The van der Waals surface area contributed by atoms with Gasteiger partial charge in [-0.1, -0.05) is 35.9 Å². The molecule has 2 aromatic carbocycles. The summed E-state index contributed by atoms with van der Waals surface area (Å²) in [6.45, 7) is -0.138. The zero-order valence-corrected chi connectivity index (χ0v) is 14.9. The lowest BCUT2D eigenvalue weighted by Gasteiger charge is -2.11. The molecule has 0 saturated heterocycles. The zero-order valence-electron chi connectivity index (χ0n) is 14.2. The Bertz CT molecular complexity index is 803. The van der Waals surface area contributed by atoms with Crippen molar-refractivity contribution in [3.8, 4) is 5.75 Å². The van der Waals surface area contributed by atoms with Gasteiger partial charge in [-0.05, 0) is 35.9 Å². The van der Waals surface area contributed by atoms with Crippen LogP contribution in [-0.4, -0.2) is 37.2 Å². The van der Waals surface area contributed by atoms with Crippen molar-refractivity contribution in [1.29, 1.82) is 0 Å². The second-order valence-corrected chi connectivity index (χ2v) is 5.65. The minimum Gasteiger partial charge on any atom is -0.497 e. The number of rotatable bonds is 7. The Morgan fingerprint density at radius 3 is 2.46 bits per heavy atom. The minimum atomic E-state index is -0.518. The van der Waals surface area contributed by atoms with Gasteiger partial charge in [0.25, 0.3) is 11.8 Å². The highest BCUT2D eigenvalue weighted by atomic mass is 35.5. The first-order valence-corrected chi connectivity index (χ1v) is 8.23. The first-order valence-electron chi connectivity index (χ1n) is 7.86. The SMILES string of the molecule is COc1ccc(/C=C(/NC(=O)c2ccccc2Cl)C(=O)NCCO)cc1. The predicted molar refractivity (Wildman–Crippen MR) is 100.0 cm³/mol. The molecule has 7 heteroatoms. The lowest BCUT2D eigenvalue weighted by Crippen LogP contribution is -2.36. The zero-order chi connectivity index (χ0) is 18.9. The van der Waals surface area contributed by atoms with E-state index < -0.39 is 11.8 Å². The molecule has 0 unspecified atom stereocenters. The summed E-state index contributed by atoms with van der Waals surface area (Å²) in [5.41, 5.74) is 0.984. The molecule has 0 atom stereocenters. The van der Waals surface area contributed by atoms with Crippen molar-refractivity contribution in [2.75, 3.05) is 20.3 Å². The summed E-state index contributed by atoms with van der Waals surface area (Å²) in [5.74, 6) is -0.349. The Labute approximate surface area is 156 Å². The van der Waals surface area contributed by atoms with Crippen molar-refractivity contribution in [2.45, 2.75) is 0 Å². The third-order valence-corrected chi connectivity index (χ3v) is 3.77. The Morgan fingerprint density at radius 1 is 1.15 bits per heavy atom. The number of nitrogens with one attached hydrogen (secondary N) is 2.